The summed E-state index contributed by atoms with van der Waals surface area (Å²) < 4.78 is 4.99. The average molecular weight is 358 g/mol. The zero-order chi connectivity index (χ0) is 19.4. The number of nitrogens with zero attached hydrogens (tertiary/aromatic N) is 1. The minimum atomic E-state index is -0.734. The number of benzene rings is 1. The Morgan fingerprint density at radius 1 is 1.19 bits per heavy atom. The standard InChI is InChI=1S/C19H22N2O5/c1-5-8-21-17(23)14-7-6-13(9-15(14)18(21)24)19(25)26-10-16(22)20-12(4)11(2)3/h5-7,9,11-12H,1,8,10H2,2-4H3,(H,20,22)/t12-/m0/s1. The lowest BCUT2D eigenvalue weighted by Crippen LogP contribution is -2.38. The molecule has 1 heterocycles. The monoisotopic (exact) mass is 358 g/mol. The molecule has 1 atom stereocenters. The molecule has 26 heavy (non-hydrogen) atoms. The molecule has 0 aliphatic carbocycles. The number of nitrogens with one attached hydrogen (secondary N) is 1. The Morgan fingerprint density at radius 3 is 2.46 bits per heavy atom. The molecule has 0 unspecified atom stereocenters. The molecule has 1 aliphatic rings. The maximum atomic E-state index is 12.3. The lowest BCUT2D eigenvalue weighted by molar-refractivity contribution is -0.125. The van der Waals surface area contributed by atoms with Crippen LogP contribution in [0.2, 0.25) is 0 Å². The molecule has 0 bridgehead atoms. The summed E-state index contributed by atoms with van der Waals surface area (Å²) in [6.07, 6.45) is 1.45. The third kappa shape index (κ3) is 3.99. The Hall–Kier alpha value is -2.96. The van der Waals surface area contributed by atoms with E-state index in [0.717, 1.165) is 4.90 Å². The maximum Gasteiger partial charge on any atom is 0.338 e. The van der Waals surface area contributed by atoms with Crippen molar-refractivity contribution in [2.75, 3.05) is 13.2 Å². The van der Waals surface area contributed by atoms with E-state index in [-0.39, 0.29) is 35.2 Å². The summed E-state index contributed by atoms with van der Waals surface area (Å²) in [6.45, 7) is 9.00. The molecule has 0 radical (unpaired) electrons. The molecule has 1 aromatic carbocycles. The lowest BCUT2D eigenvalue weighted by atomic mass is 10.1. The zero-order valence-corrected chi connectivity index (χ0v) is 15.1. The number of rotatable bonds is 7. The predicted octanol–water partition coefficient (Wildman–Crippen LogP) is 1.79. The molecule has 138 valence electrons. The van der Waals surface area contributed by atoms with Gasteiger partial charge < -0.3 is 10.1 Å². The van der Waals surface area contributed by atoms with Crippen LogP contribution in [0.3, 0.4) is 0 Å². The van der Waals surface area contributed by atoms with Crippen LogP contribution < -0.4 is 5.32 Å². The number of imide groups is 1. The quantitative estimate of drug-likeness (QED) is 0.456. The fourth-order valence-electron chi connectivity index (χ4n) is 2.39. The van der Waals surface area contributed by atoms with Gasteiger partial charge in [-0.05, 0) is 31.0 Å². The van der Waals surface area contributed by atoms with Crippen molar-refractivity contribution >= 4 is 23.7 Å². The third-order valence-electron chi connectivity index (χ3n) is 4.24. The van der Waals surface area contributed by atoms with Crippen molar-refractivity contribution in [1.82, 2.24) is 10.2 Å². The van der Waals surface area contributed by atoms with Gasteiger partial charge in [0.15, 0.2) is 6.61 Å². The highest BCUT2D eigenvalue weighted by atomic mass is 16.5. The Labute approximate surface area is 152 Å². The van der Waals surface area contributed by atoms with Gasteiger partial charge >= 0.3 is 5.97 Å². The van der Waals surface area contributed by atoms with E-state index in [9.17, 15) is 19.2 Å². The minimum absolute atomic E-state index is 0.0410. The van der Waals surface area contributed by atoms with E-state index in [4.69, 9.17) is 4.74 Å². The largest absolute Gasteiger partial charge is 0.452 e. The summed E-state index contributed by atoms with van der Waals surface area (Å²) in [5, 5.41) is 2.73. The Balaban J connectivity index is 2.04. The minimum Gasteiger partial charge on any atom is -0.452 e. The van der Waals surface area contributed by atoms with Gasteiger partial charge in [-0.2, -0.15) is 0 Å². The molecule has 7 heteroatoms. The van der Waals surface area contributed by atoms with Crippen LogP contribution in [0.25, 0.3) is 0 Å². The molecule has 0 spiro atoms. The van der Waals surface area contributed by atoms with Gasteiger partial charge in [0, 0.05) is 12.6 Å². The van der Waals surface area contributed by atoms with Crippen molar-refractivity contribution < 1.29 is 23.9 Å². The van der Waals surface area contributed by atoms with Gasteiger partial charge in [0.1, 0.15) is 0 Å². The topological polar surface area (TPSA) is 92.8 Å². The number of carbonyl (C=O) groups is 4. The molecule has 7 nitrogen and oxygen atoms in total. The second-order valence-corrected chi connectivity index (χ2v) is 6.45. The van der Waals surface area contributed by atoms with Gasteiger partial charge in [-0.1, -0.05) is 19.9 Å². The van der Waals surface area contributed by atoms with Gasteiger partial charge in [0.2, 0.25) is 0 Å². The van der Waals surface area contributed by atoms with E-state index < -0.39 is 30.3 Å². The molecule has 1 aromatic rings. The molecular weight excluding hydrogens is 336 g/mol. The maximum absolute atomic E-state index is 12.3. The van der Waals surface area contributed by atoms with Crippen molar-refractivity contribution in [3.8, 4) is 0 Å². The van der Waals surface area contributed by atoms with Crippen LogP contribution in [0.5, 0.6) is 0 Å². The van der Waals surface area contributed by atoms with E-state index in [1.165, 1.54) is 24.3 Å². The molecule has 1 aliphatic heterocycles. The number of esters is 1. The van der Waals surface area contributed by atoms with Gasteiger partial charge in [0.25, 0.3) is 17.7 Å². The second kappa shape index (κ2) is 7.95. The fourth-order valence-corrected chi connectivity index (χ4v) is 2.39. The smallest absolute Gasteiger partial charge is 0.338 e. The molecule has 0 saturated heterocycles. The van der Waals surface area contributed by atoms with Crippen LogP contribution >= 0.6 is 0 Å². The number of carbonyl (C=O) groups excluding carboxylic acids is 4. The first kappa shape index (κ1) is 19.4. The molecule has 1 N–H and O–H groups in total. The highest BCUT2D eigenvalue weighted by molar-refractivity contribution is 6.22. The second-order valence-electron chi connectivity index (χ2n) is 6.45. The predicted molar refractivity (Wildman–Crippen MR) is 94.7 cm³/mol. The van der Waals surface area contributed by atoms with E-state index in [2.05, 4.69) is 11.9 Å². The fraction of sp³-hybridized carbons (Fsp3) is 0.368. The third-order valence-corrected chi connectivity index (χ3v) is 4.24. The number of fused-ring (bicyclic) bond motifs is 1. The van der Waals surface area contributed by atoms with Crippen LogP contribution in [0.4, 0.5) is 0 Å². The number of ether oxygens (including phenoxy) is 1. The lowest BCUT2D eigenvalue weighted by Gasteiger charge is -2.17. The average Bonchev–Trinajstić information content (AvgIpc) is 2.84. The summed E-state index contributed by atoms with van der Waals surface area (Å²) in [5.41, 5.74) is 0.483. The first-order chi connectivity index (χ1) is 12.3. The van der Waals surface area contributed by atoms with E-state index in [1.807, 2.05) is 20.8 Å². The molecule has 0 aromatic heterocycles. The van der Waals surface area contributed by atoms with Crippen LogP contribution in [0, 0.1) is 5.92 Å². The van der Waals surface area contributed by atoms with Crippen molar-refractivity contribution in [3.63, 3.8) is 0 Å². The number of hydrogen-bond acceptors (Lipinski definition) is 5. The van der Waals surface area contributed by atoms with Crippen LogP contribution in [0.1, 0.15) is 51.8 Å². The molecular formula is C19H22N2O5. The number of hydrogen-bond donors (Lipinski definition) is 1. The first-order valence-electron chi connectivity index (χ1n) is 8.33. The zero-order valence-electron chi connectivity index (χ0n) is 15.1. The van der Waals surface area contributed by atoms with Gasteiger partial charge in [-0.25, -0.2) is 4.79 Å². The molecule has 2 rings (SSSR count). The highest BCUT2D eigenvalue weighted by Crippen LogP contribution is 2.24. The van der Waals surface area contributed by atoms with Crippen molar-refractivity contribution in [2.24, 2.45) is 5.92 Å². The first-order valence-corrected chi connectivity index (χ1v) is 8.33. The highest BCUT2D eigenvalue weighted by Gasteiger charge is 2.35. The van der Waals surface area contributed by atoms with Crippen molar-refractivity contribution in [2.45, 2.75) is 26.8 Å². The van der Waals surface area contributed by atoms with Gasteiger partial charge in [-0.15, -0.1) is 6.58 Å². The summed E-state index contributed by atoms with van der Waals surface area (Å²) in [4.78, 5) is 49.4. The van der Waals surface area contributed by atoms with Crippen molar-refractivity contribution in [1.29, 1.82) is 0 Å². The normalized spacial score (nSPS) is 14.2. The Bertz CT molecular complexity index is 769. The van der Waals surface area contributed by atoms with Crippen molar-refractivity contribution in [3.05, 3.63) is 47.5 Å². The summed E-state index contributed by atoms with van der Waals surface area (Å²) in [6, 6.07) is 4.09. The summed E-state index contributed by atoms with van der Waals surface area (Å²) >= 11 is 0. The molecule has 3 amide bonds. The van der Waals surface area contributed by atoms with Crippen LogP contribution in [-0.2, 0) is 9.53 Å². The summed E-state index contributed by atoms with van der Waals surface area (Å²) in [5.74, 6) is -1.78. The van der Waals surface area contributed by atoms with Crippen LogP contribution in [-0.4, -0.2) is 47.8 Å². The van der Waals surface area contributed by atoms with E-state index in [1.54, 1.807) is 0 Å². The van der Waals surface area contributed by atoms with E-state index >= 15 is 0 Å². The van der Waals surface area contributed by atoms with Gasteiger partial charge in [0.05, 0.1) is 16.7 Å². The van der Waals surface area contributed by atoms with Gasteiger partial charge in [-0.3, -0.25) is 19.3 Å². The Kier molecular flexibility index (Phi) is 5.92. The van der Waals surface area contributed by atoms with E-state index in [0.29, 0.717) is 0 Å². The number of amides is 3. The molecule has 0 fully saturated rings. The SMILES string of the molecule is C=CCN1C(=O)c2ccc(C(=O)OCC(=O)N[C@@H](C)C(C)C)cc2C1=O. The Morgan fingerprint density at radius 2 is 1.85 bits per heavy atom. The van der Waals surface area contributed by atoms with Crippen LogP contribution in [0.15, 0.2) is 30.9 Å². The molecule has 0 saturated carbocycles. The summed E-state index contributed by atoms with van der Waals surface area (Å²) in [7, 11) is 0.